The first kappa shape index (κ1) is 20.9. The van der Waals surface area contributed by atoms with Crippen molar-refractivity contribution in [1.29, 1.82) is 0 Å². The van der Waals surface area contributed by atoms with Gasteiger partial charge < -0.3 is 19.8 Å². The first-order chi connectivity index (χ1) is 15.0. The lowest BCUT2D eigenvalue weighted by molar-refractivity contribution is 0.150. The molecule has 0 spiro atoms. The van der Waals surface area contributed by atoms with E-state index in [1.165, 1.54) is 6.07 Å². The number of fused-ring (bicyclic) bond motifs is 1. The van der Waals surface area contributed by atoms with Gasteiger partial charge >= 0.3 is 6.09 Å². The molecule has 0 aliphatic carbocycles. The van der Waals surface area contributed by atoms with Crippen LogP contribution in [0.3, 0.4) is 0 Å². The predicted octanol–water partition coefficient (Wildman–Crippen LogP) is 3.62. The fraction of sp³-hybridized carbons (Fsp3) is 0.364. The Bertz CT molecular complexity index is 1010. The highest BCUT2D eigenvalue weighted by atomic mass is 19.1. The van der Waals surface area contributed by atoms with Gasteiger partial charge in [0.05, 0.1) is 12.3 Å². The molecular formula is C22H26FN5O3. The molecule has 3 aromatic rings. The Balaban J connectivity index is 1.17. The van der Waals surface area contributed by atoms with Gasteiger partial charge in [-0.25, -0.2) is 9.18 Å². The van der Waals surface area contributed by atoms with Crippen molar-refractivity contribution in [2.45, 2.75) is 13.3 Å². The van der Waals surface area contributed by atoms with Gasteiger partial charge in [-0.2, -0.15) is 4.98 Å². The summed E-state index contributed by atoms with van der Waals surface area (Å²) in [5.41, 5.74) is 8.20. The zero-order valence-corrected chi connectivity index (χ0v) is 17.4. The molecular weight excluding hydrogens is 401 g/mol. The van der Waals surface area contributed by atoms with E-state index in [2.05, 4.69) is 20.1 Å². The van der Waals surface area contributed by atoms with Crippen LogP contribution < -0.4 is 16.0 Å². The van der Waals surface area contributed by atoms with E-state index in [4.69, 9.17) is 14.9 Å². The number of ether oxygens (including phenoxy) is 1. The number of benzene rings is 2. The zero-order valence-electron chi connectivity index (χ0n) is 17.4. The van der Waals surface area contributed by atoms with Crippen molar-refractivity contribution in [3.63, 3.8) is 0 Å². The van der Waals surface area contributed by atoms with Crippen molar-refractivity contribution in [2.24, 2.45) is 0 Å². The van der Waals surface area contributed by atoms with Crippen molar-refractivity contribution < 1.29 is 18.3 Å². The van der Waals surface area contributed by atoms with Crippen LogP contribution in [-0.2, 0) is 4.74 Å². The van der Waals surface area contributed by atoms with Gasteiger partial charge in [0.25, 0.3) is 6.01 Å². The monoisotopic (exact) mass is 427 g/mol. The van der Waals surface area contributed by atoms with Crippen LogP contribution in [0.15, 0.2) is 40.8 Å². The molecule has 0 unspecified atom stereocenters. The van der Waals surface area contributed by atoms with Crippen molar-refractivity contribution in [3.05, 3.63) is 47.8 Å². The number of piperazine rings is 1. The van der Waals surface area contributed by atoms with Gasteiger partial charge in [-0.1, -0.05) is 12.1 Å². The lowest BCUT2D eigenvalue weighted by atomic mass is 10.1. The van der Waals surface area contributed by atoms with Crippen LogP contribution in [-0.4, -0.2) is 55.3 Å². The van der Waals surface area contributed by atoms with Crippen LogP contribution in [0.4, 0.5) is 26.6 Å². The van der Waals surface area contributed by atoms with Crippen molar-refractivity contribution in [3.8, 4) is 0 Å². The third-order valence-corrected chi connectivity index (χ3v) is 5.31. The Hall–Kier alpha value is -3.33. The Labute approximate surface area is 179 Å². The number of hydrogen-bond acceptors (Lipinski definition) is 7. The molecule has 3 N–H and O–H groups in total. The minimum absolute atomic E-state index is 0.0921. The van der Waals surface area contributed by atoms with Crippen LogP contribution >= 0.6 is 0 Å². The highest BCUT2D eigenvalue weighted by molar-refractivity contribution is 5.86. The number of anilines is 3. The average molecular weight is 427 g/mol. The van der Waals surface area contributed by atoms with Gasteiger partial charge in [0.2, 0.25) is 0 Å². The minimum atomic E-state index is -0.674. The lowest BCUT2D eigenvalue weighted by Gasteiger charge is -2.33. The molecule has 9 heteroatoms. The Morgan fingerprint density at radius 2 is 2.03 bits per heavy atom. The SMILES string of the molecule is Cc1cc(N)cc(F)c1NC(=O)OCCCN1CCN(c2nc3ccccc3o2)CC1. The second-order valence-electron chi connectivity index (χ2n) is 7.60. The summed E-state index contributed by atoms with van der Waals surface area (Å²) in [5, 5.41) is 2.45. The Kier molecular flexibility index (Phi) is 6.22. The molecule has 1 aliphatic rings. The number of halogens is 1. The average Bonchev–Trinajstić information content (AvgIpc) is 3.18. The third kappa shape index (κ3) is 5.05. The van der Waals surface area contributed by atoms with Gasteiger partial charge in [-0.05, 0) is 43.2 Å². The van der Waals surface area contributed by atoms with Crippen LogP contribution in [0.2, 0.25) is 0 Å². The molecule has 4 rings (SSSR count). The molecule has 0 radical (unpaired) electrons. The summed E-state index contributed by atoms with van der Waals surface area (Å²) in [6.45, 7) is 6.14. The number of hydrogen-bond donors (Lipinski definition) is 2. The van der Waals surface area contributed by atoms with E-state index in [0.29, 0.717) is 23.7 Å². The standard InChI is InChI=1S/C22H26FN5O3/c1-15-13-16(24)14-17(23)20(15)26-22(29)30-12-4-7-27-8-10-28(11-9-27)21-25-18-5-2-3-6-19(18)31-21/h2-3,5-6,13-14H,4,7-12,24H2,1H3,(H,26,29). The fourth-order valence-corrected chi connectivity index (χ4v) is 3.68. The quantitative estimate of drug-likeness (QED) is 0.458. The summed E-state index contributed by atoms with van der Waals surface area (Å²) in [4.78, 5) is 21.0. The summed E-state index contributed by atoms with van der Waals surface area (Å²) in [6.07, 6.45) is 0.0204. The maximum absolute atomic E-state index is 13.9. The molecule has 2 aromatic carbocycles. The predicted molar refractivity (Wildman–Crippen MR) is 118 cm³/mol. The van der Waals surface area contributed by atoms with E-state index in [-0.39, 0.29) is 12.3 Å². The Morgan fingerprint density at radius 1 is 1.26 bits per heavy atom. The van der Waals surface area contributed by atoms with Gasteiger partial charge in [0, 0.05) is 38.4 Å². The molecule has 1 aliphatic heterocycles. The topological polar surface area (TPSA) is 96.9 Å². The highest BCUT2D eigenvalue weighted by Gasteiger charge is 2.21. The van der Waals surface area contributed by atoms with E-state index < -0.39 is 11.9 Å². The summed E-state index contributed by atoms with van der Waals surface area (Å²) >= 11 is 0. The molecule has 1 aromatic heterocycles. The van der Waals surface area contributed by atoms with Crippen LogP contribution in [0.5, 0.6) is 0 Å². The molecule has 0 saturated carbocycles. The number of nitrogens with two attached hydrogens (primary N) is 1. The molecule has 0 atom stereocenters. The summed E-state index contributed by atoms with van der Waals surface area (Å²) in [7, 11) is 0. The normalized spacial score (nSPS) is 14.7. The van der Waals surface area contributed by atoms with Crippen LogP contribution in [0.1, 0.15) is 12.0 Å². The van der Waals surface area contributed by atoms with Crippen molar-refractivity contribution >= 4 is 34.6 Å². The number of carbonyl (C=O) groups excluding carboxylic acids is 1. The van der Waals surface area contributed by atoms with Gasteiger partial charge in [-0.15, -0.1) is 0 Å². The number of aryl methyl sites for hydroxylation is 1. The summed E-state index contributed by atoms with van der Waals surface area (Å²) in [6, 6.07) is 11.2. The molecule has 0 bridgehead atoms. The molecule has 31 heavy (non-hydrogen) atoms. The third-order valence-electron chi connectivity index (χ3n) is 5.31. The number of nitrogens with zero attached hydrogens (tertiary/aromatic N) is 3. The summed E-state index contributed by atoms with van der Waals surface area (Å²) < 4.78 is 25.0. The number of nitrogen functional groups attached to an aromatic ring is 1. The van der Waals surface area contributed by atoms with Crippen molar-refractivity contribution in [1.82, 2.24) is 9.88 Å². The number of oxazole rings is 1. The number of nitrogens with one attached hydrogen (secondary N) is 1. The summed E-state index contributed by atoms with van der Waals surface area (Å²) in [5.74, 6) is -0.578. The van der Waals surface area contributed by atoms with Crippen molar-refractivity contribution in [2.75, 3.05) is 55.3 Å². The largest absolute Gasteiger partial charge is 0.449 e. The van der Waals surface area contributed by atoms with Gasteiger partial charge in [0.1, 0.15) is 11.3 Å². The first-order valence-electron chi connectivity index (χ1n) is 10.3. The van der Waals surface area contributed by atoms with E-state index in [9.17, 15) is 9.18 Å². The van der Waals surface area contributed by atoms with E-state index >= 15 is 0 Å². The number of carbonyl (C=O) groups is 1. The zero-order chi connectivity index (χ0) is 21.8. The molecule has 2 heterocycles. The van der Waals surface area contributed by atoms with E-state index in [0.717, 1.165) is 43.8 Å². The van der Waals surface area contributed by atoms with Gasteiger partial charge in [0.15, 0.2) is 5.58 Å². The van der Waals surface area contributed by atoms with Crippen LogP contribution in [0.25, 0.3) is 11.1 Å². The Morgan fingerprint density at radius 3 is 2.77 bits per heavy atom. The first-order valence-corrected chi connectivity index (χ1v) is 10.3. The number of amides is 1. The van der Waals surface area contributed by atoms with Crippen LogP contribution in [0, 0.1) is 12.7 Å². The second-order valence-corrected chi connectivity index (χ2v) is 7.60. The minimum Gasteiger partial charge on any atom is -0.449 e. The molecule has 8 nitrogen and oxygen atoms in total. The van der Waals surface area contributed by atoms with E-state index in [1.807, 2.05) is 24.3 Å². The molecule has 1 fully saturated rings. The molecule has 1 amide bonds. The lowest BCUT2D eigenvalue weighted by Crippen LogP contribution is -2.46. The molecule has 164 valence electrons. The second kappa shape index (κ2) is 9.22. The van der Waals surface area contributed by atoms with Gasteiger partial charge in [-0.3, -0.25) is 10.2 Å². The number of rotatable bonds is 6. The highest BCUT2D eigenvalue weighted by Crippen LogP contribution is 2.23. The smallest absolute Gasteiger partial charge is 0.411 e. The maximum atomic E-state index is 13.9. The van der Waals surface area contributed by atoms with E-state index in [1.54, 1.807) is 13.0 Å². The molecule has 1 saturated heterocycles. The number of para-hydroxylation sites is 2. The maximum Gasteiger partial charge on any atom is 0.411 e. The number of aromatic nitrogens is 1. The fourth-order valence-electron chi connectivity index (χ4n) is 3.68.